The monoisotopic (exact) mass is 276 g/mol. The van der Waals surface area contributed by atoms with Crippen molar-refractivity contribution in [1.82, 2.24) is 9.88 Å². The van der Waals surface area contributed by atoms with Crippen molar-refractivity contribution < 1.29 is 0 Å². The Hall–Kier alpha value is -2.06. The number of aromatic nitrogens is 1. The van der Waals surface area contributed by atoms with Crippen molar-refractivity contribution in [2.24, 2.45) is 0 Å². The molecule has 0 spiro atoms. The maximum atomic E-state index is 3.41. The van der Waals surface area contributed by atoms with Crippen molar-refractivity contribution in [2.75, 3.05) is 13.1 Å². The second-order valence-electron chi connectivity index (χ2n) is 6.00. The maximum Gasteiger partial charge on any atom is 0.0456 e. The smallest absolute Gasteiger partial charge is 0.0456 e. The van der Waals surface area contributed by atoms with Crippen LogP contribution >= 0.6 is 0 Å². The Morgan fingerprint density at radius 2 is 1.81 bits per heavy atom. The fraction of sp³-hybridized carbons (Fsp3) is 0.263. The van der Waals surface area contributed by atoms with Gasteiger partial charge in [0.2, 0.25) is 0 Å². The molecule has 0 aliphatic carbocycles. The zero-order valence-corrected chi connectivity index (χ0v) is 12.1. The Morgan fingerprint density at radius 1 is 1.00 bits per heavy atom. The second-order valence-corrected chi connectivity index (χ2v) is 6.00. The summed E-state index contributed by atoms with van der Waals surface area (Å²) in [6, 6.07) is 19.4. The van der Waals surface area contributed by atoms with Crippen LogP contribution in [0.1, 0.15) is 23.5 Å². The molecule has 1 aromatic heterocycles. The lowest BCUT2D eigenvalue weighted by Gasteiger charge is -2.16. The summed E-state index contributed by atoms with van der Waals surface area (Å²) in [6.45, 7) is 3.43. The quantitative estimate of drug-likeness (QED) is 0.761. The number of hydrogen-bond donors (Lipinski definition) is 1. The largest absolute Gasteiger partial charge is 0.361 e. The summed E-state index contributed by atoms with van der Waals surface area (Å²) in [5, 5.41) is 1.39. The fourth-order valence-electron chi connectivity index (χ4n) is 3.50. The molecule has 3 aromatic rings. The molecule has 2 nitrogen and oxygen atoms in total. The van der Waals surface area contributed by atoms with E-state index in [1.54, 1.807) is 0 Å². The molecule has 0 bridgehead atoms. The number of benzene rings is 2. The molecule has 0 amide bonds. The summed E-state index contributed by atoms with van der Waals surface area (Å²) in [5.74, 6) is 0.657. The van der Waals surface area contributed by atoms with Gasteiger partial charge in [0.05, 0.1) is 0 Å². The van der Waals surface area contributed by atoms with E-state index in [1.165, 1.54) is 35.0 Å². The lowest BCUT2D eigenvalue weighted by atomic mass is 9.98. The van der Waals surface area contributed by atoms with E-state index in [9.17, 15) is 0 Å². The number of para-hydroxylation sites is 1. The van der Waals surface area contributed by atoms with E-state index in [1.807, 2.05) is 0 Å². The Bertz CT molecular complexity index is 729. The molecule has 1 atom stereocenters. The van der Waals surface area contributed by atoms with Gasteiger partial charge in [-0.25, -0.2) is 0 Å². The van der Waals surface area contributed by atoms with E-state index in [0.717, 1.165) is 13.1 Å². The number of nitrogens with one attached hydrogen (secondary N) is 1. The summed E-state index contributed by atoms with van der Waals surface area (Å²) in [5.41, 5.74) is 4.16. The van der Waals surface area contributed by atoms with Crippen molar-refractivity contribution in [3.63, 3.8) is 0 Å². The molecule has 1 aliphatic heterocycles. The number of rotatable bonds is 3. The lowest BCUT2D eigenvalue weighted by Crippen LogP contribution is -2.19. The molecule has 2 heterocycles. The molecule has 2 heteroatoms. The van der Waals surface area contributed by atoms with Gasteiger partial charge in [-0.2, -0.15) is 0 Å². The highest BCUT2D eigenvalue weighted by molar-refractivity contribution is 5.83. The molecule has 4 rings (SSSR count). The first kappa shape index (κ1) is 12.7. The van der Waals surface area contributed by atoms with Crippen LogP contribution in [-0.4, -0.2) is 23.0 Å². The van der Waals surface area contributed by atoms with Crippen LogP contribution in [-0.2, 0) is 6.54 Å². The highest BCUT2D eigenvalue weighted by Gasteiger charge is 2.25. The van der Waals surface area contributed by atoms with Crippen molar-refractivity contribution >= 4 is 10.9 Å². The molecule has 1 saturated heterocycles. The van der Waals surface area contributed by atoms with Gasteiger partial charge >= 0.3 is 0 Å². The minimum absolute atomic E-state index is 0.657. The van der Waals surface area contributed by atoms with E-state index in [2.05, 4.69) is 70.7 Å². The summed E-state index contributed by atoms with van der Waals surface area (Å²) in [6.07, 6.45) is 3.47. The number of fused-ring (bicyclic) bond motifs is 1. The SMILES string of the molecule is c1ccc(CN2CCC(c3c[nH]c4ccccc34)C2)cc1. The van der Waals surface area contributed by atoms with Crippen molar-refractivity contribution in [3.05, 3.63) is 71.9 Å². The molecule has 1 fully saturated rings. The molecule has 2 aromatic carbocycles. The molecule has 0 radical (unpaired) electrons. The molecule has 1 aliphatic rings. The predicted octanol–water partition coefficient (Wildman–Crippen LogP) is 4.16. The molecule has 0 saturated carbocycles. The number of hydrogen-bond acceptors (Lipinski definition) is 1. The van der Waals surface area contributed by atoms with Gasteiger partial charge in [0, 0.05) is 30.2 Å². The second kappa shape index (κ2) is 5.38. The molecular formula is C19H20N2. The number of likely N-dealkylation sites (tertiary alicyclic amines) is 1. The van der Waals surface area contributed by atoms with Crippen molar-refractivity contribution in [3.8, 4) is 0 Å². The zero-order chi connectivity index (χ0) is 14.1. The summed E-state index contributed by atoms with van der Waals surface area (Å²) in [4.78, 5) is 5.98. The van der Waals surface area contributed by atoms with Crippen molar-refractivity contribution in [2.45, 2.75) is 18.9 Å². The topological polar surface area (TPSA) is 19.0 Å². The predicted molar refractivity (Wildman–Crippen MR) is 87.4 cm³/mol. The van der Waals surface area contributed by atoms with Crippen LogP contribution < -0.4 is 0 Å². The van der Waals surface area contributed by atoms with E-state index >= 15 is 0 Å². The van der Waals surface area contributed by atoms with Crippen molar-refractivity contribution in [1.29, 1.82) is 0 Å². The van der Waals surface area contributed by atoms with Gasteiger partial charge in [-0.05, 0) is 36.1 Å². The van der Waals surface area contributed by atoms with Gasteiger partial charge < -0.3 is 4.98 Å². The van der Waals surface area contributed by atoms with Gasteiger partial charge in [-0.15, -0.1) is 0 Å². The van der Waals surface area contributed by atoms with E-state index in [-0.39, 0.29) is 0 Å². The molecule has 1 N–H and O–H groups in total. The average molecular weight is 276 g/mol. The van der Waals surface area contributed by atoms with Crippen LogP contribution in [0, 0.1) is 0 Å². The Kier molecular flexibility index (Phi) is 3.24. The number of nitrogens with zero attached hydrogens (tertiary/aromatic N) is 1. The van der Waals surface area contributed by atoms with E-state index in [4.69, 9.17) is 0 Å². The first-order valence-electron chi connectivity index (χ1n) is 7.72. The normalized spacial score (nSPS) is 19.3. The van der Waals surface area contributed by atoms with Crippen LogP contribution in [0.3, 0.4) is 0 Å². The van der Waals surface area contributed by atoms with E-state index in [0.29, 0.717) is 5.92 Å². The van der Waals surface area contributed by atoms with Gasteiger partial charge in [-0.3, -0.25) is 4.90 Å². The lowest BCUT2D eigenvalue weighted by molar-refractivity contribution is 0.327. The van der Waals surface area contributed by atoms with Crippen LogP contribution in [0.5, 0.6) is 0 Å². The summed E-state index contributed by atoms with van der Waals surface area (Å²) < 4.78 is 0. The maximum absolute atomic E-state index is 3.41. The highest BCUT2D eigenvalue weighted by atomic mass is 15.1. The Morgan fingerprint density at radius 3 is 2.71 bits per heavy atom. The van der Waals surface area contributed by atoms with Crippen LogP contribution in [0.4, 0.5) is 0 Å². The number of H-pyrrole nitrogens is 1. The standard InChI is InChI=1S/C19H20N2/c1-2-6-15(7-3-1)13-21-11-10-16(14-21)18-12-20-19-9-5-4-8-17(18)19/h1-9,12,16,20H,10-11,13-14H2. The van der Waals surface area contributed by atoms with Crippen LogP contribution in [0.15, 0.2) is 60.8 Å². The van der Waals surface area contributed by atoms with Crippen LogP contribution in [0.25, 0.3) is 10.9 Å². The van der Waals surface area contributed by atoms with Gasteiger partial charge in [-0.1, -0.05) is 48.5 Å². The zero-order valence-electron chi connectivity index (χ0n) is 12.1. The van der Waals surface area contributed by atoms with Gasteiger partial charge in [0.15, 0.2) is 0 Å². The molecule has 21 heavy (non-hydrogen) atoms. The third-order valence-electron chi connectivity index (χ3n) is 4.58. The minimum atomic E-state index is 0.657. The highest BCUT2D eigenvalue weighted by Crippen LogP contribution is 2.32. The van der Waals surface area contributed by atoms with Gasteiger partial charge in [0.25, 0.3) is 0 Å². The molecule has 1 unspecified atom stereocenters. The molecular weight excluding hydrogens is 256 g/mol. The first-order chi connectivity index (χ1) is 10.4. The summed E-state index contributed by atoms with van der Waals surface area (Å²) in [7, 11) is 0. The van der Waals surface area contributed by atoms with Crippen LogP contribution in [0.2, 0.25) is 0 Å². The average Bonchev–Trinajstić information content (AvgIpc) is 3.14. The fourth-order valence-corrected chi connectivity index (χ4v) is 3.50. The third-order valence-corrected chi connectivity index (χ3v) is 4.58. The minimum Gasteiger partial charge on any atom is -0.361 e. The summed E-state index contributed by atoms with van der Waals surface area (Å²) >= 11 is 0. The Balaban J connectivity index is 1.51. The Labute approximate surface area is 125 Å². The first-order valence-corrected chi connectivity index (χ1v) is 7.72. The third kappa shape index (κ3) is 2.47. The molecule has 106 valence electrons. The number of aromatic amines is 1. The van der Waals surface area contributed by atoms with Gasteiger partial charge in [0.1, 0.15) is 0 Å². The van der Waals surface area contributed by atoms with E-state index < -0.39 is 0 Å².